The van der Waals surface area contributed by atoms with Gasteiger partial charge in [0.05, 0.1) is 18.4 Å². The zero-order chi connectivity index (χ0) is 22.5. The first-order chi connectivity index (χ1) is 15.6. The highest BCUT2D eigenvalue weighted by atomic mass is 16.5. The maximum Gasteiger partial charge on any atom is 0.339 e. The number of hydrogen-bond acceptors (Lipinski definition) is 4. The number of fused-ring (bicyclic) bond motifs is 1. The van der Waals surface area contributed by atoms with E-state index in [1.807, 2.05) is 55.5 Å². The Balaban J connectivity index is 1.66. The third kappa shape index (κ3) is 4.47. The predicted octanol–water partition coefficient (Wildman–Crippen LogP) is 5.69. The lowest BCUT2D eigenvalue weighted by Crippen LogP contribution is -2.26. The van der Waals surface area contributed by atoms with E-state index in [-0.39, 0.29) is 0 Å². The fourth-order valence-corrected chi connectivity index (χ4v) is 3.59. The van der Waals surface area contributed by atoms with Crippen LogP contribution >= 0.6 is 0 Å². The average Bonchev–Trinajstić information content (AvgIpc) is 2.82. The topological polar surface area (TPSA) is 64.6 Å². The summed E-state index contributed by atoms with van der Waals surface area (Å²) in [6.07, 6.45) is -1.13. The van der Waals surface area contributed by atoms with Crippen molar-refractivity contribution < 1.29 is 19.1 Å². The summed E-state index contributed by atoms with van der Waals surface area (Å²) < 4.78 is 11.1. The molecule has 0 saturated heterocycles. The van der Waals surface area contributed by atoms with Crippen LogP contribution in [0.25, 0.3) is 10.8 Å². The van der Waals surface area contributed by atoms with E-state index < -0.39 is 18.0 Å². The van der Waals surface area contributed by atoms with Crippen LogP contribution in [-0.4, -0.2) is 19.0 Å². The fourth-order valence-electron chi connectivity index (χ4n) is 3.59. The van der Waals surface area contributed by atoms with Crippen LogP contribution in [0.4, 0.5) is 5.69 Å². The van der Waals surface area contributed by atoms with E-state index in [1.165, 1.54) is 7.11 Å². The molecule has 0 unspecified atom stereocenters. The molecule has 0 heterocycles. The number of rotatable bonds is 6. The highest BCUT2D eigenvalue weighted by Gasteiger charge is 2.27. The smallest absolute Gasteiger partial charge is 0.339 e. The highest BCUT2D eigenvalue weighted by Crippen LogP contribution is 2.29. The molecule has 5 nitrogen and oxygen atoms in total. The van der Waals surface area contributed by atoms with Gasteiger partial charge in [0.15, 0.2) is 0 Å². The molecule has 4 rings (SSSR count). The number of ether oxygens (including phenoxy) is 2. The quantitative estimate of drug-likeness (QED) is 0.403. The van der Waals surface area contributed by atoms with E-state index >= 15 is 0 Å². The van der Waals surface area contributed by atoms with E-state index in [9.17, 15) is 9.59 Å². The second-order valence-corrected chi connectivity index (χ2v) is 7.42. The minimum absolute atomic E-state index is 0.407. The first-order valence-corrected chi connectivity index (χ1v) is 10.3. The van der Waals surface area contributed by atoms with Crippen molar-refractivity contribution in [3.05, 3.63) is 108 Å². The van der Waals surface area contributed by atoms with Gasteiger partial charge in [-0.15, -0.1) is 0 Å². The third-order valence-corrected chi connectivity index (χ3v) is 5.19. The van der Waals surface area contributed by atoms with E-state index in [2.05, 4.69) is 5.32 Å². The number of carbonyl (C=O) groups excluding carboxylic acids is 2. The predicted molar refractivity (Wildman–Crippen MR) is 125 cm³/mol. The molecule has 0 aliphatic rings. The van der Waals surface area contributed by atoms with Gasteiger partial charge >= 0.3 is 5.97 Å². The SMILES string of the molecule is COc1ccc(C)cc1NC(=O)[C@H](OC(=O)c1cccc2ccccc12)c1ccccc1. The fraction of sp³-hybridized carbons (Fsp3) is 0.111. The minimum atomic E-state index is -1.13. The Kier molecular flexibility index (Phi) is 6.17. The summed E-state index contributed by atoms with van der Waals surface area (Å²) >= 11 is 0. The number of carbonyl (C=O) groups is 2. The second-order valence-electron chi connectivity index (χ2n) is 7.42. The molecule has 1 atom stereocenters. The van der Waals surface area contributed by atoms with E-state index in [0.29, 0.717) is 22.6 Å². The van der Waals surface area contributed by atoms with Crippen LogP contribution in [0.1, 0.15) is 27.6 Å². The van der Waals surface area contributed by atoms with Gasteiger partial charge in [-0.25, -0.2) is 4.79 Å². The van der Waals surface area contributed by atoms with Gasteiger partial charge in [0, 0.05) is 5.56 Å². The average molecular weight is 425 g/mol. The van der Waals surface area contributed by atoms with Crippen LogP contribution in [0.2, 0.25) is 0 Å². The molecule has 4 aromatic carbocycles. The number of aryl methyl sites for hydroxylation is 1. The number of hydrogen-bond donors (Lipinski definition) is 1. The lowest BCUT2D eigenvalue weighted by molar-refractivity contribution is -0.125. The van der Waals surface area contributed by atoms with Gasteiger partial charge in [0.25, 0.3) is 5.91 Å². The van der Waals surface area contributed by atoms with Crippen molar-refractivity contribution in [1.82, 2.24) is 0 Å². The molecule has 1 N–H and O–H groups in total. The molecule has 0 spiro atoms. The number of amides is 1. The molecule has 1 amide bonds. The summed E-state index contributed by atoms with van der Waals surface area (Å²) in [7, 11) is 1.54. The molecular formula is C27H23NO4. The number of nitrogens with one attached hydrogen (secondary N) is 1. The van der Waals surface area contributed by atoms with E-state index in [1.54, 1.807) is 42.5 Å². The number of benzene rings is 4. The van der Waals surface area contributed by atoms with Crippen molar-refractivity contribution in [3.8, 4) is 5.75 Å². The van der Waals surface area contributed by atoms with Gasteiger partial charge in [-0.05, 0) is 41.5 Å². The highest BCUT2D eigenvalue weighted by molar-refractivity contribution is 6.06. The van der Waals surface area contributed by atoms with Gasteiger partial charge in [-0.1, -0.05) is 72.8 Å². The van der Waals surface area contributed by atoms with Gasteiger partial charge in [0.1, 0.15) is 5.75 Å². The Labute approximate surface area is 186 Å². The molecular weight excluding hydrogens is 402 g/mol. The molecule has 0 radical (unpaired) electrons. The summed E-state index contributed by atoms with van der Waals surface area (Å²) in [4.78, 5) is 26.4. The van der Waals surface area contributed by atoms with Crippen molar-refractivity contribution in [1.29, 1.82) is 0 Å². The summed E-state index contributed by atoms with van der Waals surface area (Å²) in [5.74, 6) is -0.508. The van der Waals surface area contributed by atoms with Crippen molar-refractivity contribution in [3.63, 3.8) is 0 Å². The Hall–Kier alpha value is -4.12. The maximum atomic E-state index is 13.3. The maximum absolute atomic E-state index is 13.3. The Morgan fingerprint density at radius 2 is 1.56 bits per heavy atom. The summed E-state index contributed by atoms with van der Waals surface area (Å²) in [5, 5.41) is 4.55. The van der Waals surface area contributed by atoms with Gasteiger partial charge in [0.2, 0.25) is 6.10 Å². The summed E-state index contributed by atoms with van der Waals surface area (Å²) in [6.45, 7) is 1.92. The number of methoxy groups -OCH3 is 1. The van der Waals surface area contributed by atoms with Crippen LogP contribution in [0.5, 0.6) is 5.75 Å². The Morgan fingerprint density at radius 3 is 2.34 bits per heavy atom. The molecule has 0 bridgehead atoms. The largest absolute Gasteiger partial charge is 0.495 e. The monoisotopic (exact) mass is 425 g/mol. The normalized spacial score (nSPS) is 11.6. The number of esters is 1. The lowest BCUT2D eigenvalue weighted by Gasteiger charge is -2.19. The lowest BCUT2D eigenvalue weighted by atomic mass is 10.0. The first-order valence-electron chi connectivity index (χ1n) is 10.3. The Morgan fingerprint density at radius 1 is 0.844 bits per heavy atom. The van der Waals surface area contributed by atoms with Crippen molar-refractivity contribution in [2.75, 3.05) is 12.4 Å². The molecule has 0 aromatic heterocycles. The third-order valence-electron chi connectivity index (χ3n) is 5.19. The van der Waals surface area contributed by atoms with Gasteiger partial charge in [-0.2, -0.15) is 0 Å². The summed E-state index contributed by atoms with van der Waals surface area (Å²) in [6, 6.07) is 27.4. The van der Waals surface area contributed by atoms with Gasteiger partial charge < -0.3 is 14.8 Å². The zero-order valence-corrected chi connectivity index (χ0v) is 17.9. The standard InChI is InChI=1S/C27H23NO4/c1-18-15-16-24(31-2)23(17-18)28-26(29)25(20-10-4-3-5-11-20)32-27(30)22-14-8-12-19-9-6-7-13-21(19)22/h3-17,25H,1-2H3,(H,28,29)/t25-/m1/s1. The van der Waals surface area contributed by atoms with Crippen LogP contribution in [0.15, 0.2) is 91.0 Å². The van der Waals surface area contributed by atoms with Crippen LogP contribution in [-0.2, 0) is 9.53 Å². The second kappa shape index (κ2) is 9.35. The minimum Gasteiger partial charge on any atom is -0.495 e. The molecule has 0 aliphatic heterocycles. The van der Waals surface area contributed by atoms with Crippen LogP contribution < -0.4 is 10.1 Å². The molecule has 160 valence electrons. The first kappa shape index (κ1) is 21.1. The van der Waals surface area contributed by atoms with E-state index in [4.69, 9.17) is 9.47 Å². The molecule has 5 heteroatoms. The summed E-state index contributed by atoms with van der Waals surface area (Å²) in [5.41, 5.74) is 2.46. The Bertz CT molecular complexity index is 1260. The molecule has 0 fully saturated rings. The van der Waals surface area contributed by atoms with Crippen molar-refractivity contribution >= 4 is 28.3 Å². The van der Waals surface area contributed by atoms with Crippen molar-refractivity contribution in [2.45, 2.75) is 13.0 Å². The van der Waals surface area contributed by atoms with Gasteiger partial charge in [-0.3, -0.25) is 4.79 Å². The number of anilines is 1. The zero-order valence-electron chi connectivity index (χ0n) is 17.9. The molecule has 0 aliphatic carbocycles. The van der Waals surface area contributed by atoms with Crippen LogP contribution in [0, 0.1) is 6.92 Å². The molecule has 0 saturated carbocycles. The van der Waals surface area contributed by atoms with E-state index in [0.717, 1.165) is 16.3 Å². The van der Waals surface area contributed by atoms with Crippen molar-refractivity contribution in [2.24, 2.45) is 0 Å². The van der Waals surface area contributed by atoms with Crippen LogP contribution in [0.3, 0.4) is 0 Å². The molecule has 4 aromatic rings. The molecule has 32 heavy (non-hydrogen) atoms.